The number of urea groups is 1. The van der Waals surface area contributed by atoms with Crippen LogP contribution in [0.25, 0.3) is 6.08 Å². The van der Waals surface area contributed by atoms with Gasteiger partial charge in [0, 0.05) is 0 Å². The molecule has 1 saturated heterocycles. The molecule has 0 aliphatic carbocycles. The monoisotopic (exact) mass is 524 g/mol. The van der Waals surface area contributed by atoms with Crippen molar-refractivity contribution in [2.75, 3.05) is 6.61 Å². The number of carbonyl (C=O) groups is 3. The second-order valence-electron chi connectivity index (χ2n) is 6.72. The predicted molar refractivity (Wildman–Crippen MR) is 117 cm³/mol. The van der Waals surface area contributed by atoms with Crippen molar-refractivity contribution in [1.29, 1.82) is 0 Å². The van der Waals surface area contributed by atoms with Crippen LogP contribution in [-0.4, -0.2) is 35.5 Å². The van der Waals surface area contributed by atoms with Gasteiger partial charge in [0.2, 0.25) is 0 Å². The van der Waals surface area contributed by atoms with E-state index in [0.29, 0.717) is 29.4 Å². The van der Waals surface area contributed by atoms with Crippen molar-refractivity contribution in [3.05, 3.63) is 51.0 Å². The van der Waals surface area contributed by atoms with Crippen LogP contribution in [0.4, 0.5) is 4.79 Å². The lowest BCUT2D eigenvalue weighted by atomic mass is 10.1. The molecule has 0 bridgehead atoms. The summed E-state index contributed by atoms with van der Waals surface area (Å²) >= 11 is 2.11. The predicted octanol–water partition coefficient (Wildman–Crippen LogP) is 3.73. The maximum Gasteiger partial charge on any atom is 0.331 e. The molecule has 1 aromatic heterocycles. The zero-order valence-corrected chi connectivity index (χ0v) is 18.9. The number of furan rings is 1. The maximum atomic E-state index is 12.9. The number of benzene rings is 1. The Balaban J connectivity index is 1.96. The molecule has 1 N–H and O–H groups in total. The molecule has 2 aromatic rings. The van der Waals surface area contributed by atoms with Gasteiger partial charge < -0.3 is 13.9 Å². The molecule has 158 valence electrons. The number of nitrogens with one attached hydrogen (secondary N) is 1. The molecule has 3 rings (SSSR count). The lowest BCUT2D eigenvalue weighted by Gasteiger charge is -2.25. The van der Waals surface area contributed by atoms with E-state index < -0.39 is 17.8 Å². The SMILES string of the molecule is CCOc1cc(/C=C2\C(=O)NC(=O)N(Cc3ccco3)C2=O)cc(I)c1OC(C)C. The summed E-state index contributed by atoms with van der Waals surface area (Å²) in [5.74, 6) is 0.0862. The Labute approximate surface area is 187 Å². The van der Waals surface area contributed by atoms with Gasteiger partial charge in [0.25, 0.3) is 11.8 Å². The Kier molecular flexibility index (Phi) is 6.80. The van der Waals surface area contributed by atoms with Gasteiger partial charge in [-0.25, -0.2) is 4.79 Å². The Morgan fingerprint density at radius 1 is 1.27 bits per heavy atom. The molecule has 0 radical (unpaired) electrons. The van der Waals surface area contributed by atoms with Gasteiger partial charge in [-0.1, -0.05) is 0 Å². The molecule has 0 spiro atoms. The van der Waals surface area contributed by atoms with Gasteiger partial charge in [-0.3, -0.25) is 19.8 Å². The van der Waals surface area contributed by atoms with Crippen molar-refractivity contribution in [1.82, 2.24) is 10.2 Å². The first-order valence-electron chi connectivity index (χ1n) is 9.34. The quantitative estimate of drug-likeness (QED) is 0.337. The summed E-state index contributed by atoms with van der Waals surface area (Å²) in [5.41, 5.74) is 0.418. The number of barbiturate groups is 1. The summed E-state index contributed by atoms with van der Waals surface area (Å²) in [6.07, 6.45) is 2.83. The molecule has 1 aromatic carbocycles. The highest BCUT2D eigenvalue weighted by atomic mass is 127. The molecular formula is C21H21IN2O6. The molecule has 4 amide bonds. The Morgan fingerprint density at radius 2 is 2.03 bits per heavy atom. The Hall–Kier alpha value is -2.82. The van der Waals surface area contributed by atoms with Crippen molar-refractivity contribution in [3.63, 3.8) is 0 Å². The highest BCUT2D eigenvalue weighted by Gasteiger charge is 2.36. The fraction of sp³-hybridized carbons (Fsp3) is 0.286. The average Bonchev–Trinajstić information content (AvgIpc) is 3.18. The number of rotatable bonds is 7. The van der Waals surface area contributed by atoms with Crippen molar-refractivity contribution in [2.45, 2.75) is 33.4 Å². The molecule has 2 heterocycles. The molecule has 30 heavy (non-hydrogen) atoms. The number of amides is 4. The molecule has 0 atom stereocenters. The molecule has 1 aliphatic rings. The normalized spacial score (nSPS) is 15.7. The zero-order chi connectivity index (χ0) is 21.8. The Morgan fingerprint density at radius 3 is 2.67 bits per heavy atom. The molecule has 0 saturated carbocycles. The smallest absolute Gasteiger partial charge is 0.331 e. The zero-order valence-electron chi connectivity index (χ0n) is 16.7. The summed E-state index contributed by atoms with van der Waals surface area (Å²) < 4.78 is 17.5. The van der Waals surface area contributed by atoms with Gasteiger partial charge in [0.15, 0.2) is 11.5 Å². The number of nitrogens with zero attached hydrogens (tertiary/aromatic N) is 1. The first-order chi connectivity index (χ1) is 14.3. The van der Waals surface area contributed by atoms with Crippen LogP contribution >= 0.6 is 22.6 Å². The molecule has 1 fully saturated rings. The van der Waals surface area contributed by atoms with Gasteiger partial charge in [-0.15, -0.1) is 0 Å². The van der Waals surface area contributed by atoms with Gasteiger partial charge in [-0.05, 0) is 79.3 Å². The molecule has 0 unspecified atom stereocenters. The summed E-state index contributed by atoms with van der Waals surface area (Å²) in [6.45, 7) is 6.03. The highest BCUT2D eigenvalue weighted by molar-refractivity contribution is 14.1. The van der Waals surface area contributed by atoms with E-state index in [1.54, 1.807) is 24.3 Å². The largest absolute Gasteiger partial charge is 0.490 e. The second-order valence-corrected chi connectivity index (χ2v) is 7.88. The third-order valence-electron chi connectivity index (χ3n) is 4.08. The number of carbonyl (C=O) groups excluding carboxylic acids is 3. The van der Waals surface area contributed by atoms with Gasteiger partial charge in [0.05, 0.1) is 29.1 Å². The number of halogens is 1. The van der Waals surface area contributed by atoms with Crippen LogP contribution < -0.4 is 14.8 Å². The van der Waals surface area contributed by atoms with Crippen LogP contribution in [0.3, 0.4) is 0 Å². The van der Waals surface area contributed by atoms with E-state index in [-0.39, 0.29) is 18.2 Å². The minimum atomic E-state index is -0.788. The van der Waals surface area contributed by atoms with E-state index in [1.165, 1.54) is 12.3 Å². The lowest BCUT2D eigenvalue weighted by Crippen LogP contribution is -2.53. The first-order valence-corrected chi connectivity index (χ1v) is 10.4. The summed E-state index contributed by atoms with van der Waals surface area (Å²) in [5, 5.41) is 2.19. The van der Waals surface area contributed by atoms with Crippen LogP contribution in [0.1, 0.15) is 32.1 Å². The van der Waals surface area contributed by atoms with Crippen LogP contribution in [0.15, 0.2) is 40.5 Å². The van der Waals surface area contributed by atoms with E-state index in [0.717, 1.165) is 8.47 Å². The molecule has 8 nitrogen and oxygen atoms in total. The van der Waals surface area contributed by atoms with Crippen LogP contribution in [0.2, 0.25) is 0 Å². The number of imide groups is 2. The number of hydrogen-bond donors (Lipinski definition) is 1. The van der Waals surface area contributed by atoms with E-state index in [2.05, 4.69) is 27.9 Å². The standard InChI is InChI=1S/C21H21IN2O6/c1-4-28-17-10-13(9-16(22)18(17)30-12(2)3)8-15-19(25)23-21(27)24(20(15)26)11-14-6-5-7-29-14/h5-10,12H,4,11H2,1-3H3,(H,23,25,27)/b15-8+. The summed E-state index contributed by atoms with van der Waals surface area (Å²) in [7, 11) is 0. The van der Waals surface area contributed by atoms with Gasteiger partial charge in [0.1, 0.15) is 11.3 Å². The van der Waals surface area contributed by atoms with Crippen LogP contribution in [0, 0.1) is 3.57 Å². The third-order valence-corrected chi connectivity index (χ3v) is 4.88. The van der Waals surface area contributed by atoms with Crippen molar-refractivity contribution >= 4 is 46.5 Å². The van der Waals surface area contributed by atoms with E-state index >= 15 is 0 Å². The number of ether oxygens (including phenoxy) is 2. The average molecular weight is 524 g/mol. The topological polar surface area (TPSA) is 98.1 Å². The fourth-order valence-corrected chi connectivity index (χ4v) is 3.60. The van der Waals surface area contributed by atoms with E-state index in [4.69, 9.17) is 13.9 Å². The molecule has 1 aliphatic heterocycles. The third kappa shape index (κ3) is 4.84. The maximum absolute atomic E-state index is 12.9. The van der Waals surface area contributed by atoms with E-state index in [9.17, 15) is 14.4 Å². The minimum absolute atomic E-state index is 0.0474. The van der Waals surface area contributed by atoms with Crippen LogP contribution in [-0.2, 0) is 16.1 Å². The first kappa shape index (κ1) is 21.9. The summed E-state index contributed by atoms with van der Waals surface area (Å²) in [4.78, 5) is 38.3. The van der Waals surface area contributed by atoms with Gasteiger partial charge in [-0.2, -0.15) is 0 Å². The summed E-state index contributed by atoms with van der Waals surface area (Å²) in [6, 6.07) is 5.99. The van der Waals surface area contributed by atoms with Crippen molar-refractivity contribution in [2.24, 2.45) is 0 Å². The molecular weight excluding hydrogens is 503 g/mol. The number of hydrogen-bond acceptors (Lipinski definition) is 6. The highest BCUT2D eigenvalue weighted by Crippen LogP contribution is 2.36. The fourth-order valence-electron chi connectivity index (χ4n) is 2.85. The van der Waals surface area contributed by atoms with Crippen molar-refractivity contribution < 1.29 is 28.3 Å². The Bertz CT molecular complexity index is 997. The minimum Gasteiger partial charge on any atom is -0.490 e. The van der Waals surface area contributed by atoms with Gasteiger partial charge >= 0.3 is 6.03 Å². The van der Waals surface area contributed by atoms with E-state index in [1.807, 2.05) is 20.8 Å². The van der Waals surface area contributed by atoms with Crippen LogP contribution in [0.5, 0.6) is 11.5 Å². The van der Waals surface area contributed by atoms with Crippen molar-refractivity contribution in [3.8, 4) is 11.5 Å². The lowest BCUT2D eigenvalue weighted by molar-refractivity contribution is -0.130. The molecule has 9 heteroatoms. The second kappa shape index (κ2) is 9.33.